The van der Waals surface area contributed by atoms with Crippen LogP contribution in [0.2, 0.25) is 12.6 Å². The average Bonchev–Trinajstić information content (AvgIpc) is 1.61. The van der Waals surface area contributed by atoms with E-state index < -0.39 is 0 Å². The number of aliphatic hydroxyl groups excluding tert-OH is 1. The molecule has 34 valence electrons. The normalized spacial score (nSPS) is 8.17. The Morgan fingerprint density at radius 1 is 1.83 bits per heavy atom. The van der Waals surface area contributed by atoms with Crippen LogP contribution >= 0.6 is 0 Å². The van der Waals surface area contributed by atoms with Gasteiger partial charge in [-0.2, -0.15) is 0 Å². The predicted octanol–water partition coefficient (Wildman–Crippen LogP) is -0.0450. The van der Waals surface area contributed by atoms with E-state index in [1.54, 1.807) is 0 Å². The lowest BCUT2D eigenvalue weighted by Crippen LogP contribution is -1.72. The van der Waals surface area contributed by atoms with Gasteiger partial charge >= 0.3 is 0 Å². The molecule has 6 heavy (non-hydrogen) atoms. The Hall–Kier alpha value is -0.423. The lowest BCUT2D eigenvalue weighted by atomic mass is 10.8. The van der Waals surface area contributed by atoms with Crippen molar-refractivity contribution in [3.8, 4) is 12.0 Å². The van der Waals surface area contributed by atoms with Crippen molar-refractivity contribution in [1.82, 2.24) is 0 Å². The van der Waals surface area contributed by atoms with Crippen LogP contribution in [-0.4, -0.2) is 14.6 Å². The fourth-order valence-electron chi connectivity index (χ4n) is 0.181. The molecule has 0 aromatic carbocycles. The molecule has 0 radical (unpaired) electrons. The van der Waals surface area contributed by atoms with E-state index in [1.807, 2.05) is 6.11 Å². The zero-order chi connectivity index (χ0) is 4.83. The molecule has 1 nitrogen and oxygen atoms in total. The van der Waals surface area contributed by atoms with E-state index in [4.69, 9.17) is 5.11 Å². The molecule has 0 fully saturated rings. The SMILES string of the molecule is C[SiH2]CC#CO. The molecule has 0 aliphatic carbocycles. The summed E-state index contributed by atoms with van der Waals surface area (Å²) >= 11 is 0. The summed E-state index contributed by atoms with van der Waals surface area (Å²) in [6, 6.07) is 0.941. The van der Waals surface area contributed by atoms with Gasteiger partial charge in [-0.1, -0.05) is 12.5 Å². The van der Waals surface area contributed by atoms with E-state index in [1.165, 1.54) is 0 Å². The molecule has 0 atom stereocenters. The van der Waals surface area contributed by atoms with Crippen LogP contribution in [-0.2, 0) is 0 Å². The summed E-state index contributed by atoms with van der Waals surface area (Å²) in [6.07, 6.45) is 1.85. The minimum absolute atomic E-state index is 0.0694. The predicted molar refractivity (Wildman–Crippen MR) is 28.9 cm³/mol. The van der Waals surface area contributed by atoms with Crippen molar-refractivity contribution >= 4 is 9.52 Å². The van der Waals surface area contributed by atoms with Crippen LogP contribution in [0.25, 0.3) is 0 Å². The summed E-state index contributed by atoms with van der Waals surface area (Å²) in [6.45, 7) is 2.16. The van der Waals surface area contributed by atoms with E-state index in [2.05, 4.69) is 12.5 Å². The summed E-state index contributed by atoms with van der Waals surface area (Å²) in [5, 5.41) is 7.86. The van der Waals surface area contributed by atoms with Crippen molar-refractivity contribution in [3.05, 3.63) is 0 Å². The van der Waals surface area contributed by atoms with E-state index >= 15 is 0 Å². The van der Waals surface area contributed by atoms with Crippen molar-refractivity contribution in [2.75, 3.05) is 0 Å². The standard InChI is InChI=1S/C4H8OSi/c1-6-4-2-3-5/h5H,4,6H2,1H3. The van der Waals surface area contributed by atoms with Crippen LogP contribution in [0.1, 0.15) is 0 Å². The van der Waals surface area contributed by atoms with Gasteiger partial charge in [0.15, 0.2) is 0 Å². The van der Waals surface area contributed by atoms with E-state index in [0.29, 0.717) is 0 Å². The molecule has 0 amide bonds. The van der Waals surface area contributed by atoms with Crippen LogP contribution in [0, 0.1) is 12.0 Å². The fraction of sp³-hybridized carbons (Fsp3) is 0.500. The molecule has 0 unspecified atom stereocenters. The number of aliphatic hydroxyl groups is 1. The first-order chi connectivity index (χ1) is 2.91. The molecule has 0 aromatic heterocycles. The summed E-state index contributed by atoms with van der Waals surface area (Å²) in [4.78, 5) is 0. The second-order valence-corrected chi connectivity index (χ2v) is 2.54. The zero-order valence-electron chi connectivity index (χ0n) is 3.86. The van der Waals surface area contributed by atoms with Crippen molar-refractivity contribution < 1.29 is 5.11 Å². The highest BCUT2D eigenvalue weighted by Gasteiger charge is 1.66. The Morgan fingerprint density at radius 3 is 2.67 bits per heavy atom. The lowest BCUT2D eigenvalue weighted by molar-refractivity contribution is 0.517. The second kappa shape index (κ2) is 4.58. The monoisotopic (exact) mass is 100 g/mol. The fourth-order valence-corrected chi connectivity index (χ4v) is 0.543. The van der Waals surface area contributed by atoms with E-state index in [0.717, 1.165) is 6.04 Å². The second-order valence-electron chi connectivity index (χ2n) is 1.04. The van der Waals surface area contributed by atoms with Crippen molar-refractivity contribution in [2.24, 2.45) is 0 Å². The molecule has 0 rings (SSSR count). The van der Waals surface area contributed by atoms with Crippen LogP contribution in [0.3, 0.4) is 0 Å². The molecule has 0 bridgehead atoms. The molecule has 0 saturated heterocycles. The first-order valence-electron chi connectivity index (χ1n) is 2.03. The van der Waals surface area contributed by atoms with Gasteiger partial charge in [0.25, 0.3) is 0 Å². The summed E-state index contributed by atoms with van der Waals surface area (Å²) < 4.78 is 0. The van der Waals surface area contributed by atoms with Gasteiger partial charge in [0.2, 0.25) is 0 Å². The van der Waals surface area contributed by atoms with Crippen LogP contribution in [0.15, 0.2) is 0 Å². The third-order valence-corrected chi connectivity index (χ3v) is 1.20. The largest absolute Gasteiger partial charge is 0.462 e. The quantitative estimate of drug-likeness (QED) is 0.362. The maximum atomic E-state index is 7.86. The Bertz CT molecular complexity index is 69.4. The Morgan fingerprint density at radius 2 is 2.50 bits per heavy atom. The number of hydrogen-bond acceptors (Lipinski definition) is 1. The van der Waals surface area contributed by atoms with Gasteiger partial charge < -0.3 is 5.11 Å². The number of hydrogen-bond donors (Lipinski definition) is 1. The van der Waals surface area contributed by atoms with Gasteiger partial charge in [0.1, 0.15) is 6.11 Å². The first-order valence-corrected chi connectivity index (χ1v) is 4.45. The first kappa shape index (κ1) is 5.58. The Labute approximate surface area is 40.2 Å². The summed E-state index contributed by atoms with van der Waals surface area (Å²) in [5.41, 5.74) is 0. The molecular formula is C4H8OSi. The molecule has 0 aromatic rings. The molecule has 0 heterocycles. The van der Waals surface area contributed by atoms with Gasteiger partial charge in [-0.25, -0.2) is 0 Å². The molecule has 1 N–H and O–H groups in total. The van der Waals surface area contributed by atoms with Crippen LogP contribution < -0.4 is 0 Å². The number of rotatable bonds is 1. The Balaban J connectivity index is 2.79. The molecule has 0 spiro atoms. The van der Waals surface area contributed by atoms with Gasteiger partial charge in [0.05, 0.1) is 0 Å². The minimum Gasteiger partial charge on any atom is -0.462 e. The third-order valence-electron chi connectivity index (χ3n) is 0.454. The van der Waals surface area contributed by atoms with Gasteiger partial charge in [-0.15, -0.1) is 0 Å². The maximum Gasteiger partial charge on any atom is 0.107 e. The molecule has 0 aliphatic heterocycles. The van der Waals surface area contributed by atoms with Crippen molar-refractivity contribution in [3.63, 3.8) is 0 Å². The highest BCUT2D eigenvalue weighted by atomic mass is 28.2. The van der Waals surface area contributed by atoms with Gasteiger partial charge in [-0.3, -0.25) is 0 Å². The maximum absolute atomic E-state index is 7.86. The smallest absolute Gasteiger partial charge is 0.107 e. The zero-order valence-corrected chi connectivity index (χ0v) is 5.28. The molecule has 0 saturated carbocycles. The highest BCUT2D eigenvalue weighted by Crippen LogP contribution is 1.67. The van der Waals surface area contributed by atoms with Gasteiger partial charge in [0, 0.05) is 15.6 Å². The average molecular weight is 100 g/mol. The van der Waals surface area contributed by atoms with Crippen molar-refractivity contribution in [1.29, 1.82) is 0 Å². The van der Waals surface area contributed by atoms with E-state index in [9.17, 15) is 0 Å². The van der Waals surface area contributed by atoms with Crippen LogP contribution in [0.5, 0.6) is 0 Å². The molecule has 2 heteroatoms. The Kier molecular flexibility index (Phi) is 4.25. The van der Waals surface area contributed by atoms with Crippen molar-refractivity contribution in [2.45, 2.75) is 12.6 Å². The topological polar surface area (TPSA) is 20.2 Å². The minimum atomic E-state index is 0.0694. The van der Waals surface area contributed by atoms with Gasteiger partial charge in [-0.05, 0) is 0 Å². The summed E-state index contributed by atoms with van der Waals surface area (Å²) in [5.74, 6) is 2.57. The summed E-state index contributed by atoms with van der Waals surface area (Å²) in [7, 11) is 0.0694. The highest BCUT2D eigenvalue weighted by molar-refractivity contribution is 6.34. The molecular weight excluding hydrogens is 92.1 g/mol. The van der Waals surface area contributed by atoms with Crippen LogP contribution in [0.4, 0.5) is 0 Å². The lowest BCUT2D eigenvalue weighted by Gasteiger charge is -1.69. The third kappa shape index (κ3) is 3.58. The van der Waals surface area contributed by atoms with E-state index in [-0.39, 0.29) is 9.52 Å². The molecule has 0 aliphatic rings.